The van der Waals surface area contributed by atoms with Crippen LogP contribution in [0.1, 0.15) is 40.4 Å². The van der Waals surface area contributed by atoms with Gasteiger partial charge in [0.15, 0.2) is 5.96 Å². The highest BCUT2D eigenvalue weighted by molar-refractivity contribution is 6.40. The monoisotopic (exact) mass is 610 g/mol. The third-order valence-electron chi connectivity index (χ3n) is 6.88. The molecule has 3 aromatic carbocycles. The van der Waals surface area contributed by atoms with E-state index in [-0.39, 0.29) is 46.6 Å². The second-order valence-corrected chi connectivity index (χ2v) is 10.6. The zero-order valence-corrected chi connectivity index (χ0v) is 24.5. The van der Waals surface area contributed by atoms with E-state index in [2.05, 4.69) is 20.9 Å². The van der Waals surface area contributed by atoms with Gasteiger partial charge in [-0.1, -0.05) is 59.6 Å². The molecule has 0 saturated carbocycles. The van der Waals surface area contributed by atoms with Crippen LogP contribution >= 0.6 is 23.2 Å². The van der Waals surface area contributed by atoms with E-state index in [0.29, 0.717) is 5.69 Å². The van der Waals surface area contributed by atoms with Gasteiger partial charge in [-0.3, -0.25) is 9.59 Å². The Bertz CT molecular complexity index is 1470. The number of fused-ring (bicyclic) bond motifs is 1. The quantitative estimate of drug-likeness (QED) is 0.133. The molecule has 0 aromatic heterocycles. The van der Waals surface area contributed by atoms with Crippen LogP contribution in [-0.4, -0.2) is 50.0 Å². The zero-order valence-electron chi connectivity index (χ0n) is 23.0. The van der Waals surface area contributed by atoms with Gasteiger partial charge in [0.2, 0.25) is 5.91 Å². The molecule has 7 N–H and O–H groups in total. The van der Waals surface area contributed by atoms with Crippen molar-refractivity contribution < 1.29 is 19.1 Å². The number of nitrogens with one attached hydrogen (secondary N) is 3. The lowest BCUT2D eigenvalue weighted by Gasteiger charge is -2.27. The molecular weight excluding hydrogens is 579 g/mol. The van der Waals surface area contributed by atoms with E-state index < -0.39 is 17.9 Å². The van der Waals surface area contributed by atoms with E-state index in [4.69, 9.17) is 39.4 Å². The van der Waals surface area contributed by atoms with Crippen molar-refractivity contribution in [3.05, 3.63) is 87.4 Å². The van der Waals surface area contributed by atoms with E-state index in [1.807, 2.05) is 48.5 Å². The topological polar surface area (TPSA) is 161 Å². The Balaban J connectivity index is 1.38. The molecule has 0 spiro atoms. The Labute approximate surface area is 253 Å². The Morgan fingerprint density at radius 3 is 2.40 bits per heavy atom. The van der Waals surface area contributed by atoms with Crippen LogP contribution in [0.25, 0.3) is 11.1 Å². The van der Waals surface area contributed by atoms with Crippen LogP contribution in [0.5, 0.6) is 0 Å². The second-order valence-electron chi connectivity index (χ2n) is 9.78. The fourth-order valence-electron chi connectivity index (χ4n) is 4.86. The van der Waals surface area contributed by atoms with Crippen molar-refractivity contribution in [2.24, 2.45) is 16.5 Å². The van der Waals surface area contributed by atoms with Crippen molar-refractivity contribution in [1.82, 2.24) is 16.0 Å². The van der Waals surface area contributed by atoms with Gasteiger partial charge in [-0.05, 0) is 65.8 Å². The lowest BCUT2D eigenvalue weighted by Crippen LogP contribution is -2.50. The van der Waals surface area contributed by atoms with Crippen LogP contribution in [0.15, 0.2) is 65.7 Å². The van der Waals surface area contributed by atoms with Crippen LogP contribution in [0.3, 0.4) is 0 Å². The molecule has 0 aliphatic heterocycles. The number of aliphatic imine (C=N–C) groups is 1. The first-order valence-corrected chi connectivity index (χ1v) is 14.1. The van der Waals surface area contributed by atoms with Crippen LogP contribution in [0.4, 0.5) is 5.69 Å². The van der Waals surface area contributed by atoms with Gasteiger partial charge in [-0.15, -0.1) is 0 Å². The Morgan fingerprint density at radius 2 is 1.74 bits per heavy atom. The number of hydrogen-bond donors (Lipinski definition) is 5. The van der Waals surface area contributed by atoms with E-state index in [1.165, 1.54) is 7.11 Å². The number of hydrogen-bond acceptors (Lipinski definition) is 6. The molecule has 4 rings (SSSR count). The largest absolute Gasteiger partial charge is 0.467 e. The average molecular weight is 612 g/mol. The van der Waals surface area contributed by atoms with E-state index in [9.17, 15) is 14.4 Å². The first kappa shape index (κ1) is 30.8. The number of aryl methyl sites for hydroxylation is 1. The summed E-state index contributed by atoms with van der Waals surface area (Å²) in [5.41, 5.74) is 15.5. The SMILES string of the molecule is COC(=O)C(CNC(=O)CNC1CCCc2ccc(N=C(N)N)cc21)NC(=O)c1c(Cl)cc(-c2ccccc2)cc1Cl. The molecule has 1 aliphatic rings. The number of amides is 2. The fraction of sp³-hybridized carbons (Fsp3) is 0.267. The molecule has 42 heavy (non-hydrogen) atoms. The number of halogens is 2. The summed E-state index contributed by atoms with van der Waals surface area (Å²) in [6.07, 6.45) is 2.71. The summed E-state index contributed by atoms with van der Waals surface area (Å²) in [5.74, 6) is -1.81. The van der Waals surface area contributed by atoms with Crippen molar-refractivity contribution in [3.8, 4) is 11.1 Å². The number of carbonyl (C=O) groups is 3. The first-order chi connectivity index (χ1) is 20.2. The maximum atomic E-state index is 13.1. The highest BCUT2D eigenvalue weighted by Gasteiger charge is 2.26. The molecule has 0 radical (unpaired) electrons. The highest BCUT2D eigenvalue weighted by Crippen LogP contribution is 2.33. The van der Waals surface area contributed by atoms with E-state index in [1.54, 1.807) is 12.1 Å². The minimum Gasteiger partial charge on any atom is -0.467 e. The minimum atomic E-state index is -1.18. The first-order valence-electron chi connectivity index (χ1n) is 13.3. The third kappa shape index (κ3) is 7.79. The normalized spacial score (nSPS) is 14.7. The molecule has 1 aliphatic carbocycles. The standard InChI is InChI=1S/C30H32Cl2N6O4/c1-42-29(41)25(38-28(40)27-22(31)12-19(13-23(27)32)17-6-3-2-4-7-17)15-36-26(39)16-35-24-9-5-8-18-10-11-20(14-21(18)24)37-30(33)34/h2-4,6-7,10-14,24-25,35H,5,8-9,15-16H2,1H3,(H,36,39)(H,38,40)(H4,33,34,37). The predicted molar refractivity (Wildman–Crippen MR) is 164 cm³/mol. The summed E-state index contributed by atoms with van der Waals surface area (Å²) < 4.78 is 4.84. The predicted octanol–water partition coefficient (Wildman–Crippen LogP) is 3.62. The molecule has 0 bridgehead atoms. The zero-order chi connectivity index (χ0) is 30.2. The summed E-state index contributed by atoms with van der Waals surface area (Å²) >= 11 is 12.9. The second kappa shape index (κ2) is 14.2. The molecule has 220 valence electrons. The van der Waals surface area contributed by atoms with E-state index in [0.717, 1.165) is 41.5 Å². The van der Waals surface area contributed by atoms with Gasteiger partial charge in [-0.25, -0.2) is 9.79 Å². The number of ether oxygens (including phenoxy) is 1. The molecule has 2 amide bonds. The number of nitrogens with two attached hydrogens (primary N) is 2. The number of methoxy groups -OCH3 is 1. The highest BCUT2D eigenvalue weighted by atomic mass is 35.5. The van der Waals surface area contributed by atoms with Gasteiger partial charge >= 0.3 is 5.97 Å². The maximum absolute atomic E-state index is 13.1. The lowest BCUT2D eigenvalue weighted by atomic mass is 9.87. The molecule has 0 heterocycles. The van der Waals surface area contributed by atoms with Crippen LogP contribution in [0.2, 0.25) is 10.0 Å². The fourth-order valence-corrected chi connectivity index (χ4v) is 5.52. The number of nitrogens with zero attached hydrogens (tertiary/aromatic N) is 1. The van der Waals surface area contributed by atoms with E-state index >= 15 is 0 Å². The van der Waals surface area contributed by atoms with Crippen LogP contribution in [0, 0.1) is 0 Å². The molecule has 2 unspecified atom stereocenters. The Morgan fingerprint density at radius 1 is 1.02 bits per heavy atom. The average Bonchev–Trinajstić information content (AvgIpc) is 2.97. The summed E-state index contributed by atoms with van der Waals surface area (Å²) in [7, 11) is 1.19. The van der Waals surface area contributed by atoms with Crippen molar-refractivity contribution in [3.63, 3.8) is 0 Å². The molecular formula is C30H32Cl2N6O4. The number of carbonyl (C=O) groups excluding carboxylic acids is 3. The molecule has 2 atom stereocenters. The van der Waals surface area contributed by atoms with Crippen LogP contribution < -0.4 is 27.4 Å². The molecule has 0 fully saturated rings. The smallest absolute Gasteiger partial charge is 0.330 e. The van der Waals surface area contributed by atoms with Gasteiger partial charge in [0.25, 0.3) is 5.91 Å². The van der Waals surface area contributed by atoms with Crippen molar-refractivity contribution in [2.45, 2.75) is 31.3 Å². The maximum Gasteiger partial charge on any atom is 0.330 e. The number of benzene rings is 3. The van der Waals surface area contributed by atoms with Gasteiger partial charge in [0.1, 0.15) is 6.04 Å². The van der Waals surface area contributed by atoms with Gasteiger partial charge in [0.05, 0.1) is 35.0 Å². The van der Waals surface area contributed by atoms with Crippen molar-refractivity contribution in [1.29, 1.82) is 0 Å². The summed E-state index contributed by atoms with van der Waals surface area (Å²) in [6.45, 7) is -0.219. The summed E-state index contributed by atoms with van der Waals surface area (Å²) in [6, 6.07) is 17.2. The Hall–Kier alpha value is -4.12. The lowest BCUT2D eigenvalue weighted by molar-refractivity contribution is -0.142. The summed E-state index contributed by atoms with van der Waals surface area (Å²) in [5, 5.41) is 8.75. The molecule has 3 aromatic rings. The van der Waals surface area contributed by atoms with Crippen molar-refractivity contribution in [2.75, 3.05) is 20.2 Å². The van der Waals surface area contributed by atoms with Gasteiger partial charge in [-0.2, -0.15) is 0 Å². The number of guanidine groups is 1. The molecule has 12 heteroatoms. The van der Waals surface area contributed by atoms with Crippen LogP contribution in [-0.2, 0) is 20.7 Å². The molecule has 10 nitrogen and oxygen atoms in total. The van der Waals surface area contributed by atoms with Crippen molar-refractivity contribution >= 4 is 52.6 Å². The summed E-state index contributed by atoms with van der Waals surface area (Å²) in [4.78, 5) is 42.4. The van der Waals surface area contributed by atoms with Gasteiger partial charge in [0, 0.05) is 12.6 Å². The number of esters is 1. The number of rotatable bonds is 10. The minimum absolute atomic E-state index is 0.0102. The third-order valence-corrected chi connectivity index (χ3v) is 7.48. The molecule has 0 saturated heterocycles. The Kier molecular flexibility index (Phi) is 10.4. The van der Waals surface area contributed by atoms with Gasteiger partial charge < -0.3 is 32.2 Å².